The molecular weight excluding hydrogens is 316 g/mol. The molecule has 0 saturated carbocycles. The van der Waals surface area contributed by atoms with E-state index in [-0.39, 0.29) is 5.97 Å². The van der Waals surface area contributed by atoms with Gasteiger partial charge in [0.05, 0.1) is 6.61 Å². The third-order valence-electron chi connectivity index (χ3n) is 4.99. The van der Waals surface area contributed by atoms with Crippen LogP contribution in [0.25, 0.3) is 10.9 Å². The summed E-state index contributed by atoms with van der Waals surface area (Å²) in [5, 5.41) is 1.17. The minimum Gasteiger partial charge on any atom is -0.465 e. The molecule has 3 rings (SSSR count). The predicted octanol–water partition coefficient (Wildman–Crippen LogP) is 1.36. The zero-order valence-corrected chi connectivity index (χ0v) is 15.4. The van der Waals surface area contributed by atoms with Gasteiger partial charge in [0, 0.05) is 56.1 Å². The van der Waals surface area contributed by atoms with Crippen molar-refractivity contribution in [1.29, 1.82) is 0 Å². The fraction of sp³-hybridized carbons (Fsp3) is 0.526. The van der Waals surface area contributed by atoms with Crippen LogP contribution in [0.3, 0.4) is 0 Å². The molecule has 25 heavy (non-hydrogen) atoms. The Bertz CT molecular complexity index is 747. The van der Waals surface area contributed by atoms with E-state index in [0.717, 1.165) is 31.7 Å². The number of aryl methyl sites for hydroxylation is 1. The highest BCUT2D eigenvalue weighted by Crippen LogP contribution is 2.33. The van der Waals surface area contributed by atoms with Gasteiger partial charge < -0.3 is 24.8 Å². The predicted molar refractivity (Wildman–Crippen MR) is 101 cm³/mol. The second-order valence-electron chi connectivity index (χ2n) is 6.73. The van der Waals surface area contributed by atoms with Crippen LogP contribution in [0.2, 0.25) is 0 Å². The molecule has 0 radical (unpaired) electrons. The molecule has 0 amide bonds. The van der Waals surface area contributed by atoms with Crippen molar-refractivity contribution in [2.75, 3.05) is 44.7 Å². The lowest BCUT2D eigenvalue weighted by Crippen LogP contribution is -2.45. The molecule has 0 bridgehead atoms. The Labute approximate surface area is 149 Å². The van der Waals surface area contributed by atoms with Crippen molar-refractivity contribution in [2.24, 2.45) is 12.8 Å². The Morgan fingerprint density at radius 3 is 2.56 bits per heavy atom. The Morgan fingerprint density at radius 2 is 1.88 bits per heavy atom. The normalized spacial score (nSPS) is 17.0. The van der Waals surface area contributed by atoms with E-state index in [1.54, 1.807) is 6.92 Å². The first-order valence-corrected chi connectivity index (χ1v) is 8.95. The summed E-state index contributed by atoms with van der Waals surface area (Å²) < 4.78 is 7.33. The van der Waals surface area contributed by atoms with Crippen molar-refractivity contribution in [1.82, 2.24) is 9.47 Å². The molecule has 1 aliphatic rings. The second-order valence-corrected chi connectivity index (χ2v) is 6.73. The fourth-order valence-electron chi connectivity index (χ4n) is 3.63. The molecule has 2 heterocycles. The Kier molecular flexibility index (Phi) is 5.30. The lowest BCUT2D eigenvalue weighted by molar-refractivity contribution is -0.144. The highest BCUT2D eigenvalue weighted by atomic mass is 16.5. The number of aromatic nitrogens is 1. The number of likely N-dealkylation sites (N-methyl/N-ethyl adjacent to an activating group) is 1. The van der Waals surface area contributed by atoms with Gasteiger partial charge in [0.15, 0.2) is 0 Å². The molecule has 1 aliphatic heterocycles. The van der Waals surface area contributed by atoms with E-state index in [4.69, 9.17) is 10.5 Å². The van der Waals surface area contributed by atoms with Gasteiger partial charge in [0.25, 0.3) is 0 Å². The number of rotatable bonds is 5. The van der Waals surface area contributed by atoms with Gasteiger partial charge in [0.1, 0.15) is 11.9 Å². The number of esters is 1. The summed E-state index contributed by atoms with van der Waals surface area (Å²) in [5.41, 5.74) is 8.46. The van der Waals surface area contributed by atoms with E-state index in [9.17, 15) is 4.79 Å². The maximum absolute atomic E-state index is 12.0. The molecule has 1 saturated heterocycles. The largest absolute Gasteiger partial charge is 0.465 e. The third-order valence-corrected chi connectivity index (χ3v) is 4.99. The molecule has 1 aromatic carbocycles. The molecular formula is C19H28N4O2. The summed E-state index contributed by atoms with van der Waals surface area (Å²) in [6.07, 6.45) is 0.488. The van der Waals surface area contributed by atoms with Gasteiger partial charge >= 0.3 is 5.97 Å². The van der Waals surface area contributed by atoms with E-state index < -0.39 is 6.04 Å². The fourth-order valence-corrected chi connectivity index (χ4v) is 3.63. The van der Waals surface area contributed by atoms with Gasteiger partial charge in [0.2, 0.25) is 0 Å². The molecule has 0 spiro atoms. The van der Waals surface area contributed by atoms with Crippen LogP contribution in [0.15, 0.2) is 24.3 Å². The van der Waals surface area contributed by atoms with Crippen molar-refractivity contribution in [3.8, 4) is 0 Å². The minimum absolute atomic E-state index is 0.334. The van der Waals surface area contributed by atoms with Crippen LogP contribution in [0, 0.1) is 0 Å². The summed E-state index contributed by atoms with van der Waals surface area (Å²) in [7, 11) is 4.24. The lowest BCUT2D eigenvalue weighted by atomic mass is 10.0. The highest BCUT2D eigenvalue weighted by Gasteiger charge is 2.26. The van der Waals surface area contributed by atoms with Crippen LogP contribution in [-0.4, -0.2) is 61.3 Å². The van der Waals surface area contributed by atoms with Crippen molar-refractivity contribution in [3.05, 3.63) is 29.8 Å². The van der Waals surface area contributed by atoms with Crippen LogP contribution in [-0.2, 0) is 23.0 Å². The molecule has 1 atom stereocenters. The monoisotopic (exact) mass is 344 g/mol. The van der Waals surface area contributed by atoms with Crippen molar-refractivity contribution in [3.63, 3.8) is 0 Å². The number of hydrogen-bond donors (Lipinski definition) is 1. The van der Waals surface area contributed by atoms with Crippen LogP contribution in [0.1, 0.15) is 12.5 Å². The van der Waals surface area contributed by atoms with Crippen LogP contribution in [0.5, 0.6) is 0 Å². The van der Waals surface area contributed by atoms with Crippen molar-refractivity contribution < 1.29 is 9.53 Å². The average molecular weight is 344 g/mol. The number of ether oxygens (including phenoxy) is 1. The smallest absolute Gasteiger partial charge is 0.323 e. The number of nitrogens with two attached hydrogens (primary N) is 1. The first-order valence-electron chi connectivity index (χ1n) is 8.95. The number of benzene rings is 1. The Balaban J connectivity index is 2.00. The van der Waals surface area contributed by atoms with E-state index in [2.05, 4.69) is 40.6 Å². The van der Waals surface area contributed by atoms with E-state index >= 15 is 0 Å². The molecule has 6 nitrogen and oxygen atoms in total. The average Bonchev–Trinajstić information content (AvgIpc) is 2.89. The number of carbonyl (C=O) groups excluding carboxylic acids is 1. The molecule has 136 valence electrons. The maximum atomic E-state index is 12.0. The number of anilines is 1. The Morgan fingerprint density at radius 1 is 1.20 bits per heavy atom. The summed E-state index contributed by atoms with van der Waals surface area (Å²) in [6, 6.07) is 7.67. The quantitative estimate of drug-likeness (QED) is 0.830. The van der Waals surface area contributed by atoms with Gasteiger partial charge in [-0.05, 0) is 20.0 Å². The SMILES string of the molecule is CCOC(=O)C(N)Cc1c(N2CCN(C)CC2)n(C)c2ccccc12. The van der Waals surface area contributed by atoms with E-state index in [1.807, 2.05) is 12.1 Å². The van der Waals surface area contributed by atoms with E-state index in [1.165, 1.54) is 16.7 Å². The van der Waals surface area contributed by atoms with Gasteiger partial charge in [-0.25, -0.2) is 0 Å². The first kappa shape index (κ1) is 17.8. The van der Waals surface area contributed by atoms with Crippen LogP contribution in [0.4, 0.5) is 5.82 Å². The van der Waals surface area contributed by atoms with Crippen molar-refractivity contribution >= 4 is 22.7 Å². The summed E-state index contributed by atoms with van der Waals surface area (Å²) in [4.78, 5) is 16.8. The third kappa shape index (κ3) is 3.50. The maximum Gasteiger partial charge on any atom is 0.323 e. The van der Waals surface area contributed by atoms with Gasteiger partial charge in [-0.15, -0.1) is 0 Å². The number of fused-ring (bicyclic) bond motifs is 1. The molecule has 6 heteroatoms. The molecule has 2 aromatic rings. The summed E-state index contributed by atoms with van der Waals surface area (Å²) in [5.74, 6) is 0.841. The van der Waals surface area contributed by atoms with Gasteiger partial charge in [-0.1, -0.05) is 18.2 Å². The molecule has 2 N–H and O–H groups in total. The van der Waals surface area contributed by atoms with Crippen LogP contribution >= 0.6 is 0 Å². The highest BCUT2D eigenvalue weighted by molar-refractivity contribution is 5.91. The van der Waals surface area contributed by atoms with Gasteiger partial charge in [-0.3, -0.25) is 4.79 Å². The topological polar surface area (TPSA) is 63.7 Å². The summed E-state index contributed by atoms with van der Waals surface area (Å²) >= 11 is 0. The van der Waals surface area contributed by atoms with Crippen molar-refractivity contribution in [2.45, 2.75) is 19.4 Å². The summed E-state index contributed by atoms with van der Waals surface area (Å²) in [6.45, 7) is 6.17. The molecule has 1 unspecified atom stereocenters. The standard InChI is InChI=1S/C19H28N4O2/c1-4-25-19(24)16(20)13-15-14-7-5-6-8-17(14)22(3)18(15)23-11-9-21(2)10-12-23/h5-8,16H,4,9-13,20H2,1-3H3. The first-order chi connectivity index (χ1) is 12.0. The number of piperazine rings is 1. The molecule has 1 aromatic heterocycles. The minimum atomic E-state index is -0.642. The number of para-hydroxylation sites is 1. The zero-order chi connectivity index (χ0) is 18.0. The Hall–Kier alpha value is -2.05. The number of nitrogens with zero attached hydrogens (tertiary/aromatic N) is 3. The van der Waals surface area contributed by atoms with Gasteiger partial charge in [-0.2, -0.15) is 0 Å². The zero-order valence-electron chi connectivity index (χ0n) is 15.4. The number of hydrogen-bond acceptors (Lipinski definition) is 5. The molecule has 1 fully saturated rings. The van der Waals surface area contributed by atoms with E-state index in [0.29, 0.717) is 13.0 Å². The molecule has 0 aliphatic carbocycles. The second kappa shape index (κ2) is 7.45. The number of carbonyl (C=O) groups is 1. The lowest BCUT2D eigenvalue weighted by Gasteiger charge is -2.35. The van der Waals surface area contributed by atoms with Crippen LogP contribution < -0.4 is 10.6 Å².